The second-order valence-electron chi connectivity index (χ2n) is 4.65. The Morgan fingerprint density at radius 2 is 2.00 bits per heavy atom. The van der Waals surface area contributed by atoms with Gasteiger partial charge >= 0.3 is 5.97 Å². The number of ether oxygens (including phenoxy) is 1. The molecule has 3 atom stereocenters. The minimum absolute atomic E-state index is 0.135. The number of hydrogen-bond acceptors (Lipinski definition) is 7. The lowest BCUT2D eigenvalue weighted by molar-refractivity contribution is 0.0591. The first-order valence-corrected chi connectivity index (χ1v) is 9.11. The lowest BCUT2D eigenvalue weighted by Crippen LogP contribution is -2.21. The first-order chi connectivity index (χ1) is 9.43. The number of thioether (sulfide) groups is 2. The Morgan fingerprint density at radius 3 is 2.55 bits per heavy atom. The second kappa shape index (κ2) is 6.49. The summed E-state index contributed by atoms with van der Waals surface area (Å²) in [5, 5.41) is 2.24. The monoisotopic (exact) mass is 331 g/mol. The largest absolute Gasteiger partial charge is 0.464 e. The molecule has 1 aromatic rings. The summed E-state index contributed by atoms with van der Waals surface area (Å²) >= 11 is 5.10. The van der Waals surface area contributed by atoms with Crippen LogP contribution in [-0.2, 0) is 4.74 Å². The summed E-state index contributed by atoms with van der Waals surface area (Å²) in [4.78, 5) is 28.1. The highest BCUT2D eigenvalue weighted by atomic mass is 32.2. The Balaban J connectivity index is 2.29. The fourth-order valence-electron chi connectivity index (χ4n) is 1.86. The molecule has 1 fully saturated rings. The van der Waals surface area contributed by atoms with E-state index < -0.39 is 5.97 Å². The van der Waals surface area contributed by atoms with Crippen LogP contribution in [0.3, 0.4) is 0 Å². The SMILES string of the molecule is COC(=O)c1nc(C2CSC(C)C(C)S2)sc1C(C)=O. The van der Waals surface area contributed by atoms with Crippen LogP contribution in [0.15, 0.2) is 0 Å². The number of aromatic nitrogens is 1. The predicted octanol–water partition coefficient (Wildman–Crippen LogP) is 3.43. The van der Waals surface area contributed by atoms with Gasteiger partial charge in [0.05, 0.1) is 12.4 Å². The molecule has 1 aliphatic rings. The highest BCUT2D eigenvalue weighted by molar-refractivity contribution is 8.07. The molecule has 20 heavy (non-hydrogen) atoms. The van der Waals surface area contributed by atoms with Crippen LogP contribution in [0.4, 0.5) is 0 Å². The van der Waals surface area contributed by atoms with Gasteiger partial charge in [-0.2, -0.15) is 11.8 Å². The van der Waals surface area contributed by atoms with Gasteiger partial charge in [0, 0.05) is 23.2 Å². The maximum absolute atomic E-state index is 11.7. The van der Waals surface area contributed by atoms with Gasteiger partial charge < -0.3 is 4.74 Å². The van der Waals surface area contributed by atoms with E-state index in [0.29, 0.717) is 15.4 Å². The van der Waals surface area contributed by atoms with Gasteiger partial charge in [0.15, 0.2) is 11.5 Å². The van der Waals surface area contributed by atoms with Gasteiger partial charge in [-0.1, -0.05) is 13.8 Å². The summed E-state index contributed by atoms with van der Waals surface area (Å²) in [7, 11) is 1.31. The van der Waals surface area contributed by atoms with Crippen molar-refractivity contribution < 1.29 is 14.3 Å². The molecule has 1 saturated heterocycles. The number of thiazole rings is 1. The zero-order chi connectivity index (χ0) is 14.9. The van der Waals surface area contributed by atoms with Crippen LogP contribution in [-0.4, -0.2) is 40.1 Å². The normalized spacial score (nSPS) is 26.3. The van der Waals surface area contributed by atoms with E-state index >= 15 is 0 Å². The van der Waals surface area contributed by atoms with Crippen molar-refractivity contribution in [1.29, 1.82) is 0 Å². The molecule has 1 aromatic heterocycles. The van der Waals surface area contributed by atoms with Crippen LogP contribution in [0, 0.1) is 0 Å². The van der Waals surface area contributed by atoms with E-state index in [-0.39, 0.29) is 16.7 Å². The highest BCUT2D eigenvalue weighted by Crippen LogP contribution is 2.45. The third kappa shape index (κ3) is 3.20. The third-order valence-electron chi connectivity index (χ3n) is 3.17. The van der Waals surface area contributed by atoms with Crippen LogP contribution in [0.25, 0.3) is 0 Å². The summed E-state index contributed by atoms with van der Waals surface area (Å²) in [6.45, 7) is 5.88. The van der Waals surface area contributed by atoms with E-state index in [2.05, 4.69) is 18.8 Å². The van der Waals surface area contributed by atoms with E-state index in [4.69, 9.17) is 4.74 Å². The van der Waals surface area contributed by atoms with Crippen LogP contribution >= 0.6 is 34.9 Å². The van der Waals surface area contributed by atoms with Crippen molar-refractivity contribution in [3.05, 3.63) is 15.6 Å². The minimum atomic E-state index is -0.535. The van der Waals surface area contributed by atoms with Gasteiger partial charge in [-0.05, 0) is 0 Å². The number of esters is 1. The smallest absolute Gasteiger partial charge is 0.358 e. The maximum atomic E-state index is 11.7. The van der Waals surface area contributed by atoms with E-state index in [0.717, 1.165) is 10.8 Å². The van der Waals surface area contributed by atoms with Gasteiger partial charge in [-0.15, -0.1) is 23.1 Å². The van der Waals surface area contributed by atoms with Gasteiger partial charge in [0.1, 0.15) is 9.88 Å². The Bertz CT molecular complexity index is 529. The van der Waals surface area contributed by atoms with Crippen molar-refractivity contribution in [2.45, 2.75) is 36.5 Å². The summed E-state index contributed by atoms with van der Waals surface area (Å²) in [6.07, 6.45) is 0. The molecule has 2 rings (SSSR count). The van der Waals surface area contributed by atoms with Gasteiger partial charge in [0.25, 0.3) is 0 Å². The predicted molar refractivity (Wildman–Crippen MR) is 85.2 cm³/mol. The molecular formula is C13H17NO3S3. The van der Waals surface area contributed by atoms with Gasteiger partial charge in [-0.3, -0.25) is 4.79 Å². The molecule has 3 unspecified atom stereocenters. The first kappa shape index (κ1) is 15.9. The Hall–Kier alpha value is -0.530. The summed E-state index contributed by atoms with van der Waals surface area (Å²) in [5.74, 6) is 0.290. The van der Waals surface area contributed by atoms with Crippen molar-refractivity contribution in [2.75, 3.05) is 12.9 Å². The van der Waals surface area contributed by atoms with Crippen LogP contribution < -0.4 is 0 Å². The number of rotatable bonds is 3. The lowest BCUT2D eigenvalue weighted by Gasteiger charge is -2.30. The number of carbonyl (C=O) groups excluding carboxylic acids is 2. The van der Waals surface area contributed by atoms with Crippen molar-refractivity contribution >= 4 is 46.6 Å². The summed E-state index contributed by atoms with van der Waals surface area (Å²) in [6, 6.07) is 0. The van der Waals surface area contributed by atoms with E-state index in [1.54, 1.807) is 0 Å². The van der Waals surface area contributed by atoms with Crippen molar-refractivity contribution in [2.24, 2.45) is 0 Å². The summed E-state index contributed by atoms with van der Waals surface area (Å²) < 4.78 is 4.71. The molecule has 0 amide bonds. The van der Waals surface area contributed by atoms with Crippen LogP contribution in [0.5, 0.6) is 0 Å². The molecule has 2 heterocycles. The molecule has 0 saturated carbocycles. The number of ketones is 1. The molecule has 4 nitrogen and oxygen atoms in total. The molecule has 110 valence electrons. The fraction of sp³-hybridized carbons (Fsp3) is 0.615. The Labute approximate surface area is 131 Å². The Kier molecular flexibility index (Phi) is 5.14. The second-order valence-corrected chi connectivity index (χ2v) is 8.67. The van der Waals surface area contributed by atoms with Crippen LogP contribution in [0.2, 0.25) is 0 Å². The zero-order valence-corrected chi connectivity index (χ0v) is 14.3. The first-order valence-electron chi connectivity index (χ1n) is 6.31. The quantitative estimate of drug-likeness (QED) is 0.625. The van der Waals surface area contributed by atoms with E-state index in [1.165, 1.54) is 25.4 Å². The molecule has 0 aliphatic carbocycles. The van der Waals surface area contributed by atoms with Crippen molar-refractivity contribution in [3.8, 4) is 0 Å². The lowest BCUT2D eigenvalue weighted by atomic mass is 10.3. The summed E-state index contributed by atoms with van der Waals surface area (Å²) in [5.41, 5.74) is 0.164. The fourth-order valence-corrected chi connectivity index (χ4v) is 6.00. The Morgan fingerprint density at radius 1 is 1.30 bits per heavy atom. The van der Waals surface area contributed by atoms with Crippen LogP contribution in [0.1, 0.15) is 51.2 Å². The minimum Gasteiger partial charge on any atom is -0.464 e. The molecule has 1 aliphatic heterocycles. The highest BCUT2D eigenvalue weighted by Gasteiger charge is 2.31. The molecule has 7 heteroatoms. The van der Waals surface area contributed by atoms with E-state index in [9.17, 15) is 9.59 Å². The molecule has 0 radical (unpaired) electrons. The standard InChI is InChI=1S/C13H17NO3S3/c1-6(15)11-10(13(16)17-4)14-12(20-11)9-5-18-7(2)8(3)19-9/h7-9H,5H2,1-4H3. The third-order valence-corrected chi connectivity index (χ3v) is 7.99. The van der Waals surface area contributed by atoms with Gasteiger partial charge in [-0.25, -0.2) is 9.78 Å². The van der Waals surface area contributed by atoms with Crippen molar-refractivity contribution in [3.63, 3.8) is 0 Å². The number of Topliss-reactive ketones (excluding diaryl/α,β-unsaturated/α-hetero) is 1. The number of methoxy groups -OCH3 is 1. The molecule has 0 N–H and O–H groups in total. The molecule has 0 aromatic carbocycles. The number of nitrogens with zero attached hydrogens (tertiary/aromatic N) is 1. The van der Waals surface area contributed by atoms with Crippen molar-refractivity contribution in [1.82, 2.24) is 4.98 Å². The molecule has 0 spiro atoms. The average molecular weight is 331 g/mol. The maximum Gasteiger partial charge on any atom is 0.358 e. The number of carbonyl (C=O) groups is 2. The molecule has 0 bridgehead atoms. The van der Waals surface area contributed by atoms with E-state index in [1.807, 2.05) is 23.5 Å². The zero-order valence-electron chi connectivity index (χ0n) is 11.8. The van der Waals surface area contributed by atoms with Gasteiger partial charge in [0.2, 0.25) is 0 Å². The average Bonchev–Trinajstić information content (AvgIpc) is 2.86. The number of hydrogen-bond donors (Lipinski definition) is 0. The molecular weight excluding hydrogens is 314 g/mol. The topological polar surface area (TPSA) is 56.3 Å².